The van der Waals surface area contributed by atoms with E-state index in [2.05, 4.69) is 76.3 Å². The van der Waals surface area contributed by atoms with Gasteiger partial charge in [-0.2, -0.15) is 4.99 Å². The van der Waals surface area contributed by atoms with Crippen LogP contribution in [0.5, 0.6) is 23.0 Å². The molecule has 4 rings (SSSR count). The highest BCUT2D eigenvalue weighted by molar-refractivity contribution is 9.09. The Balaban J connectivity index is 0. The number of nitro benzene ring substituents is 2. The minimum absolute atomic E-state index is 0. The number of anilines is 1. The number of ether oxygens (including phenoxy) is 3. The molecule has 13 nitrogen and oxygen atoms in total. The van der Waals surface area contributed by atoms with E-state index in [1.54, 1.807) is 30.3 Å². The first-order valence-corrected chi connectivity index (χ1v) is 20.8. The molecule has 60 heavy (non-hydrogen) atoms. The van der Waals surface area contributed by atoms with Crippen LogP contribution in [0.1, 0.15) is 81.1 Å². The van der Waals surface area contributed by atoms with Crippen LogP contribution < -0.4 is 19.9 Å². The predicted octanol–water partition coefficient (Wildman–Crippen LogP) is 12.9. The van der Waals surface area contributed by atoms with Crippen LogP contribution in [0.4, 0.5) is 22.7 Å². The average molecular weight is 920 g/mol. The number of hydrogen-bond donors (Lipinski definition) is 2. The van der Waals surface area contributed by atoms with Crippen molar-refractivity contribution < 1.29 is 34.0 Å². The van der Waals surface area contributed by atoms with Crippen LogP contribution in [0, 0.1) is 43.9 Å². The van der Waals surface area contributed by atoms with Crippen molar-refractivity contribution in [3.05, 3.63) is 117 Å². The molecule has 15 heteroatoms. The number of benzene rings is 4. The number of aromatic hydroxyl groups is 1. The Hall–Kier alpha value is -5.17. The lowest BCUT2D eigenvalue weighted by Gasteiger charge is -2.09. The van der Waals surface area contributed by atoms with E-state index in [-0.39, 0.29) is 29.5 Å². The molecule has 0 bridgehead atoms. The normalized spacial score (nSPS) is 9.82. The fraction of sp³-hybridized carbons (Fsp3) is 0.444. The number of hydrogen-bond acceptors (Lipinski definition) is 11. The SMILES string of the molecule is CC(C)CCBr.CC(C)CCOc1ccccc1N.CC(C)CCOc1ccccc1N=C=O.CC(C)CCOc1ccccc1[N+](=O)[O-].Cl.O=[N+]([O-])c1ccccc1O. The fourth-order valence-corrected chi connectivity index (χ4v) is 5.03. The summed E-state index contributed by atoms with van der Waals surface area (Å²) in [6.45, 7) is 19.2. The van der Waals surface area contributed by atoms with Gasteiger partial charge in [0.2, 0.25) is 6.08 Å². The first-order chi connectivity index (χ1) is 28.0. The Morgan fingerprint density at radius 1 is 0.617 bits per heavy atom. The van der Waals surface area contributed by atoms with Crippen LogP contribution in [0.15, 0.2) is 102 Å². The van der Waals surface area contributed by atoms with Crippen LogP contribution in [-0.2, 0) is 4.79 Å². The summed E-state index contributed by atoms with van der Waals surface area (Å²) in [7, 11) is 0. The van der Waals surface area contributed by atoms with Crippen molar-refractivity contribution in [2.24, 2.45) is 28.7 Å². The zero-order chi connectivity index (χ0) is 44.6. The maximum Gasteiger partial charge on any atom is 0.310 e. The first kappa shape index (κ1) is 56.9. The summed E-state index contributed by atoms with van der Waals surface area (Å²) in [6.07, 6.45) is 5.75. The van der Waals surface area contributed by atoms with Gasteiger partial charge >= 0.3 is 11.4 Å². The van der Waals surface area contributed by atoms with Gasteiger partial charge in [-0.3, -0.25) is 20.2 Å². The minimum Gasteiger partial charge on any atom is -0.502 e. The number of aliphatic imine (C=N–C) groups is 1. The van der Waals surface area contributed by atoms with Crippen molar-refractivity contribution in [3.63, 3.8) is 0 Å². The van der Waals surface area contributed by atoms with Crippen molar-refractivity contribution >= 4 is 57.2 Å². The van der Waals surface area contributed by atoms with Crippen molar-refractivity contribution in [1.82, 2.24) is 0 Å². The Morgan fingerprint density at radius 2 is 1.00 bits per heavy atom. The topological polar surface area (TPSA) is 190 Å². The van der Waals surface area contributed by atoms with Gasteiger partial charge in [0.15, 0.2) is 11.5 Å². The number of para-hydroxylation sites is 8. The third kappa shape index (κ3) is 28.3. The molecule has 0 heterocycles. The van der Waals surface area contributed by atoms with Crippen molar-refractivity contribution in [2.75, 3.05) is 30.9 Å². The summed E-state index contributed by atoms with van der Waals surface area (Å²) in [5, 5.41) is 30.7. The number of carbonyl (C=O) groups excluding carboxylic acids is 1. The lowest BCUT2D eigenvalue weighted by Crippen LogP contribution is -2.03. The molecule has 0 unspecified atom stereocenters. The van der Waals surface area contributed by atoms with Gasteiger partial charge in [-0.15, -0.1) is 12.4 Å². The lowest BCUT2D eigenvalue weighted by atomic mass is 10.1. The zero-order valence-corrected chi connectivity index (χ0v) is 38.5. The van der Waals surface area contributed by atoms with Crippen molar-refractivity contribution in [3.8, 4) is 23.0 Å². The Kier molecular flexibility index (Phi) is 32.9. The second-order valence-corrected chi connectivity index (χ2v) is 15.4. The van der Waals surface area contributed by atoms with Crippen molar-refractivity contribution in [1.29, 1.82) is 0 Å². The summed E-state index contributed by atoms with van der Waals surface area (Å²) in [5.74, 6) is 4.15. The predicted molar refractivity (Wildman–Crippen MR) is 248 cm³/mol. The molecule has 0 spiro atoms. The molecule has 0 amide bonds. The van der Waals surface area contributed by atoms with E-state index in [1.165, 1.54) is 42.8 Å². The molecule has 0 aliphatic carbocycles. The lowest BCUT2D eigenvalue weighted by molar-refractivity contribution is -0.386. The second kappa shape index (κ2) is 34.7. The van der Waals surface area contributed by atoms with E-state index in [1.807, 2.05) is 36.4 Å². The highest BCUT2D eigenvalue weighted by Gasteiger charge is 2.13. The maximum absolute atomic E-state index is 10.6. The molecular weight excluding hydrogens is 856 g/mol. The maximum atomic E-state index is 10.6. The summed E-state index contributed by atoms with van der Waals surface area (Å²) < 4.78 is 16.4. The molecule has 0 atom stereocenters. The average Bonchev–Trinajstić information content (AvgIpc) is 3.17. The van der Waals surface area contributed by atoms with Gasteiger partial charge in [-0.05, 0) is 85.8 Å². The highest BCUT2D eigenvalue weighted by atomic mass is 79.9. The molecule has 0 aliphatic heterocycles. The molecule has 0 saturated heterocycles. The summed E-state index contributed by atoms with van der Waals surface area (Å²) in [6, 6.07) is 26.8. The standard InChI is InChI=1S/C12H15NO2.C11H15NO3.C11H17NO.C6H5NO3.C5H11Br.ClH/c1-10(2)7-8-15-12-6-4-3-5-11(12)13-9-14;1-9(2)7-8-15-11-6-4-3-5-10(11)12(13)14;1-9(2)7-8-13-11-6-4-3-5-10(11)12;8-6-4-2-1-3-5(6)7(9)10;1-5(2)3-4-6;/h3-6,10H,7-8H2,1-2H3;3-6,9H,7-8H2,1-2H3;3-6,9H,7-8,12H2,1-2H3;1-4,8H;5H,3-4H2,1-2H3;1H. The number of phenols is 1. The summed E-state index contributed by atoms with van der Waals surface area (Å²) in [5.41, 5.74) is 6.73. The van der Waals surface area contributed by atoms with Gasteiger partial charge in [0.05, 0.1) is 35.4 Å². The Labute approximate surface area is 370 Å². The highest BCUT2D eigenvalue weighted by Crippen LogP contribution is 2.27. The number of rotatable bonds is 17. The molecule has 0 fully saturated rings. The van der Waals surface area contributed by atoms with Crippen LogP contribution in [-0.4, -0.2) is 46.2 Å². The van der Waals surface area contributed by atoms with E-state index in [0.717, 1.165) is 42.9 Å². The Bertz CT molecular complexity index is 1750. The number of alkyl halides is 1. The molecule has 0 aliphatic rings. The molecule has 0 radical (unpaired) electrons. The van der Waals surface area contributed by atoms with Gasteiger partial charge in [0.1, 0.15) is 17.2 Å². The largest absolute Gasteiger partial charge is 0.502 e. The van der Waals surface area contributed by atoms with Gasteiger partial charge < -0.3 is 25.1 Å². The van der Waals surface area contributed by atoms with Gasteiger partial charge in [0, 0.05) is 17.5 Å². The molecule has 332 valence electrons. The van der Waals surface area contributed by atoms with Crippen LogP contribution in [0.3, 0.4) is 0 Å². The van der Waals surface area contributed by atoms with E-state index < -0.39 is 9.85 Å². The molecule has 4 aromatic carbocycles. The van der Waals surface area contributed by atoms with E-state index in [0.29, 0.717) is 53.8 Å². The zero-order valence-electron chi connectivity index (χ0n) is 36.1. The van der Waals surface area contributed by atoms with Crippen LogP contribution >= 0.6 is 28.3 Å². The first-order valence-electron chi connectivity index (χ1n) is 19.6. The minimum atomic E-state index is -0.630. The molecule has 0 saturated carbocycles. The number of nitrogen functional groups attached to an aromatic ring is 1. The number of nitrogens with two attached hydrogens (primary N) is 1. The number of nitro groups is 2. The van der Waals surface area contributed by atoms with Gasteiger partial charge in [-0.1, -0.05) is 120 Å². The number of halogens is 2. The van der Waals surface area contributed by atoms with Crippen LogP contribution in [0.2, 0.25) is 0 Å². The molecule has 0 aromatic heterocycles. The smallest absolute Gasteiger partial charge is 0.310 e. The van der Waals surface area contributed by atoms with Gasteiger partial charge in [-0.25, -0.2) is 4.79 Å². The number of phenolic OH excluding ortho intramolecular Hbond substituents is 1. The molecule has 3 N–H and O–H groups in total. The number of nitrogens with zero attached hydrogens (tertiary/aromatic N) is 3. The Morgan fingerprint density at radius 3 is 1.40 bits per heavy atom. The second-order valence-electron chi connectivity index (χ2n) is 14.6. The number of isocyanates is 1. The van der Waals surface area contributed by atoms with E-state index in [4.69, 9.17) is 25.1 Å². The monoisotopic (exact) mass is 918 g/mol. The summed E-state index contributed by atoms with van der Waals surface area (Å²) >= 11 is 3.35. The molecule has 4 aromatic rings. The van der Waals surface area contributed by atoms with E-state index in [9.17, 15) is 25.0 Å². The van der Waals surface area contributed by atoms with Crippen molar-refractivity contribution in [2.45, 2.75) is 81.1 Å². The fourth-order valence-electron chi connectivity index (χ4n) is 4.11. The van der Waals surface area contributed by atoms with Crippen LogP contribution in [0.25, 0.3) is 0 Å². The van der Waals surface area contributed by atoms with Gasteiger partial charge in [0.25, 0.3) is 0 Å². The third-order valence-electron chi connectivity index (χ3n) is 7.64. The van der Waals surface area contributed by atoms with E-state index >= 15 is 0 Å². The summed E-state index contributed by atoms with van der Waals surface area (Å²) in [4.78, 5) is 33.4. The quantitative estimate of drug-likeness (QED) is 0.0257. The molecular formula is C45H64BrClN4O9. The third-order valence-corrected chi connectivity index (χ3v) is 8.09.